The maximum absolute atomic E-state index is 12.1. The van der Waals surface area contributed by atoms with E-state index in [1.807, 2.05) is 24.3 Å². The number of carbonyl (C=O) groups excluding carboxylic acids is 1. The summed E-state index contributed by atoms with van der Waals surface area (Å²) in [6, 6.07) is 9.39. The van der Waals surface area contributed by atoms with Crippen molar-refractivity contribution in [1.82, 2.24) is 10.5 Å². The van der Waals surface area contributed by atoms with Crippen LogP contribution in [0, 0.1) is 0 Å². The average molecular weight is 273 g/mol. The van der Waals surface area contributed by atoms with Crippen LogP contribution in [0.3, 0.4) is 0 Å². The SMILES string of the molecule is Nc1c(C(=O)NCc2ccno2)sc2ccccc12. The van der Waals surface area contributed by atoms with Gasteiger partial charge in [0.05, 0.1) is 18.4 Å². The molecule has 2 heterocycles. The van der Waals surface area contributed by atoms with E-state index < -0.39 is 0 Å². The maximum atomic E-state index is 12.1. The molecule has 0 aliphatic carbocycles. The van der Waals surface area contributed by atoms with Gasteiger partial charge >= 0.3 is 0 Å². The number of nitrogens with zero attached hydrogens (tertiary/aromatic N) is 1. The topological polar surface area (TPSA) is 81.2 Å². The van der Waals surface area contributed by atoms with Gasteiger partial charge in [0, 0.05) is 16.2 Å². The van der Waals surface area contributed by atoms with E-state index in [1.54, 1.807) is 6.07 Å². The predicted octanol–water partition coefficient (Wildman–Crippen LogP) is 2.40. The van der Waals surface area contributed by atoms with Gasteiger partial charge in [-0.25, -0.2) is 0 Å². The molecule has 96 valence electrons. The van der Waals surface area contributed by atoms with E-state index in [4.69, 9.17) is 10.3 Å². The van der Waals surface area contributed by atoms with Gasteiger partial charge < -0.3 is 15.6 Å². The molecule has 1 aromatic carbocycles. The fourth-order valence-electron chi connectivity index (χ4n) is 1.82. The Morgan fingerprint density at radius 3 is 2.95 bits per heavy atom. The summed E-state index contributed by atoms with van der Waals surface area (Å²) in [6.45, 7) is 0.298. The van der Waals surface area contributed by atoms with Gasteiger partial charge in [-0.15, -0.1) is 11.3 Å². The molecule has 3 rings (SSSR count). The minimum atomic E-state index is -0.199. The Labute approximate surface area is 113 Å². The molecule has 0 fully saturated rings. The minimum Gasteiger partial charge on any atom is -0.397 e. The Morgan fingerprint density at radius 1 is 1.37 bits per heavy atom. The first-order valence-corrected chi connectivity index (χ1v) is 6.52. The average Bonchev–Trinajstić information content (AvgIpc) is 3.05. The third kappa shape index (κ3) is 2.17. The number of carbonyl (C=O) groups is 1. The van der Waals surface area contributed by atoms with Crippen LogP contribution in [-0.2, 0) is 6.54 Å². The van der Waals surface area contributed by atoms with E-state index in [0.717, 1.165) is 10.1 Å². The molecular weight excluding hydrogens is 262 g/mol. The van der Waals surface area contributed by atoms with Crippen LogP contribution in [0.1, 0.15) is 15.4 Å². The van der Waals surface area contributed by atoms with Gasteiger partial charge in [-0.2, -0.15) is 0 Å². The van der Waals surface area contributed by atoms with Crippen LogP contribution in [0.4, 0.5) is 5.69 Å². The van der Waals surface area contributed by atoms with Crippen LogP contribution in [-0.4, -0.2) is 11.1 Å². The van der Waals surface area contributed by atoms with E-state index in [2.05, 4.69) is 10.5 Å². The smallest absolute Gasteiger partial charge is 0.263 e. The molecule has 0 aliphatic heterocycles. The molecule has 3 N–H and O–H groups in total. The molecule has 0 spiro atoms. The molecule has 0 aliphatic rings. The largest absolute Gasteiger partial charge is 0.397 e. The molecule has 0 atom stereocenters. The lowest BCUT2D eigenvalue weighted by Crippen LogP contribution is -2.22. The number of thiophene rings is 1. The summed E-state index contributed by atoms with van der Waals surface area (Å²) in [5.74, 6) is 0.406. The highest BCUT2D eigenvalue weighted by Gasteiger charge is 2.16. The van der Waals surface area contributed by atoms with Gasteiger partial charge in [-0.05, 0) is 6.07 Å². The molecule has 5 nitrogen and oxygen atoms in total. The van der Waals surface area contributed by atoms with Crippen molar-refractivity contribution in [3.05, 3.63) is 47.2 Å². The van der Waals surface area contributed by atoms with Crippen LogP contribution in [0.15, 0.2) is 41.1 Å². The standard InChI is InChI=1S/C13H11N3O2S/c14-11-9-3-1-2-4-10(9)19-12(11)13(17)15-7-8-5-6-16-18-8/h1-6H,7,14H2,(H,15,17). The molecule has 19 heavy (non-hydrogen) atoms. The fourth-order valence-corrected chi connectivity index (χ4v) is 2.85. The zero-order chi connectivity index (χ0) is 13.2. The Balaban J connectivity index is 1.83. The van der Waals surface area contributed by atoms with E-state index >= 15 is 0 Å². The summed E-state index contributed by atoms with van der Waals surface area (Å²) in [6.07, 6.45) is 1.54. The number of nitrogens with one attached hydrogen (secondary N) is 1. The second kappa shape index (κ2) is 4.74. The molecule has 3 aromatic rings. The van der Waals surface area contributed by atoms with Gasteiger partial charge in [-0.1, -0.05) is 23.4 Å². The highest BCUT2D eigenvalue weighted by Crippen LogP contribution is 2.33. The minimum absolute atomic E-state index is 0.199. The Kier molecular flexibility index (Phi) is 2.92. The van der Waals surface area contributed by atoms with Crippen molar-refractivity contribution < 1.29 is 9.32 Å². The molecule has 2 aromatic heterocycles. The monoisotopic (exact) mass is 273 g/mol. The summed E-state index contributed by atoms with van der Waals surface area (Å²) in [5.41, 5.74) is 6.53. The number of hydrogen-bond acceptors (Lipinski definition) is 5. The Morgan fingerprint density at radius 2 is 2.21 bits per heavy atom. The zero-order valence-corrected chi connectivity index (χ0v) is 10.7. The van der Waals surface area contributed by atoms with E-state index in [0.29, 0.717) is 22.9 Å². The lowest BCUT2D eigenvalue weighted by Gasteiger charge is -2.01. The van der Waals surface area contributed by atoms with Gasteiger partial charge in [0.2, 0.25) is 0 Å². The zero-order valence-electron chi connectivity index (χ0n) is 9.92. The number of aromatic nitrogens is 1. The van der Waals surface area contributed by atoms with Crippen LogP contribution in [0.25, 0.3) is 10.1 Å². The van der Waals surface area contributed by atoms with E-state index in [9.17, 15) is 4.79 Å². The highest BCUT2D eigenvalue weighted by molar-refractivity contribution is 7.21. The molecule has 0 saturated heterocycles. The van der Waals surface area contributed by atoms with Gasteiger partial charge in [0.15, 0.2) is 5.76 Å². The quantitative estimate of drug-likeness (QED) is 0.767. The predicted molar refractivity (Wildman–Crippen MR) is 73.9 cm³/mol. The lowest BCUT2D eigenvalue weighted by molar-refractivity contribution is 0.0952. The number of anilines is 1. The maximum Gasteiger partial charge on any atom is 0.263 e. The van der Waals surface area contributed by atoms with E-state index in [-0.39, 0.29) is 5.91 Å². The van der Waals surface area contributed by atoms with Crippen molar-refractivity contribution >= 4 is 33.0 Å². The molecule has 1 amide bonds. The van der Waals surface area contributed by atoms with Gasteiger partial charge in [-0.3, -0.25) is 4.79 Å². The van der Waals surface area contributed by atoms with Crippen LogP contribution < -0.4 is 11.1 Å². The summed E-state index contributed by atoms with van der Waals surface area (Å²) in [4.78, 5) is 12.6. The lowest BCUT2D eigenvalue weighted by atomic mass is 10.2. The first kappa shape index (κ1) is 11.7. The van der Waals surface area contributed by atoms with Crippen LogP contribution >= 0.6 is 11.3 Å². The fraction of sp³-hybridized carbons (Fsp3) is 0.0769. The first-order valence-electron chi connectivity index (χ1n) is 5.70. The number of nitrogens with two attached hydrogens (primary N) is 1. The summed E-state index contributed by atoms with van der Waals surface area (Å²) in [7, 11) is 0. The van der Waals surface area contributed by atoms with Crippen molar-refractivity contribution in [2.75, 3.05) is 5.73 Å². The number of benzene rings is 1. The third-order valence-electron chi connectivity index (χ3n) is 2.75. The third-order valence-corrected chi connectivity index (χ3v) is 3.94. The Hall–Kier alpha value is -2.34. The van der Waals surface area contributed by atoms with Crippen molar-refractivity contribution in [2.24, 2.45) is 0 Å². The number of rotatable bonds is 3. The number of amides is 1. The number of fused-ring (bicyclic) bond motifs is 1. The Bertz CT molecular complexity index is 719. The summed E-state index contributed by atoms with van der Waals surface area (Å²) < 4.78 is 5.92. The van der Waals surface area contributed by atoms with E-state index in [1.165, 1.54) is 17.5 Å². The summed E-state index contributed by atoms with van der Waals surface area (Å²) in [5, 5.41) is 7.25. The van der Waals surface area contributed by atoms with Gasteiger partial charge in [0.25, 0.3) is 5.91 Å². The van der Waals surface area contributed by atoms with Crippen LogP contribution in [0.2, 0.25) is 0 Å². The summed E-state index contributed by atoms with van der Waals surface area (Å²) >= 11 is 1.39. The normalized spacial score (nSPS) is 10.7. The first-order chi connectivity index (χ1) is 9.25. The van der Waals surface area contributed by atoms with Gasteiger partial charge in [0.1, 0.15) is 4.88 Å². The molecule has 0 unspecified atom stereocenters. The van der Waals surface area contributed by atoms with Crippen LogP contribution in [0.5, 0.6) is 0 Å². The number of hydrogen-bond donors (Lipinski definition) is 2. The molecule has 6 heteroatoms. The highest BCUT2D eigenvalue weighted by atomic mass is 32.1. The molecule has 0 saturated carbocycles. The van der Waals surface area contributed by atoms with Crippen molar-refractivity contribution in [3.8, 4) is 0 Å². The molecular formula is C13H11N3O2S. The number of nitrogen functional groups attached to an aromatic ring is 1. The molecule has 0 radical (unpaired) electrons. The van der Waals surface area contributed by atoms with Crippen molar-refractivity contribution in [1.29, 1.82) is 0 Å². The van der Waals surface area contributed by atoms with Crippen molar-refractivity contribution in [2.45, 2.75) is 6.54 Å². The second-order valence-corrected chi connectivity index (χ2v) is 5.05. The molecule has 0 bridgehead atoms. The van der Waals surface area contributed by atoms with Crippen molar-refractivity contribution in [3.63, 3.8) is 0 Å². The second-order valence-electron chi connectivity index (χ2n) is 4.00.